The highest BCUT2D eigenvalue weighted by atomic mass is 16.2. The van der Waals surface area contributed by atoms with E-state index < -0.39 is 5.54 Å². The van der Waals surface area contributed by atoms with Crippen molar-refractivity contribution in [2.24, 2.45) is 0 Å². The van der Waals surface area contributed by atoms with Crippen LogP contribution >= 0.6 is 0 Å². The van der Waals surface area contributed by atoms with Gasteiger partial charge in [-0.3, -0.25) is 9.69 Å². The number of hydrogen-bond donors (Lipinski definition) is 0. The molecule has 0 aromatic heterocycles. The number of nitriles is 1. The first-order valence-corrected chi connectivity index (χ1v) is 4.87. The SMILES string of the molecule is CN1CCN(CCC#N)C(C)(C)C1=O. The minimum absolute atomic E-state index is 0.140. The lowest BCUT2D eigenvalue weighted by atomic mass is 9.97. The topological polar surface area (TPSA) is 47.3 Å². The summed E-state index contributed by atoms with van der Waals surface area (Å²) in [7, 11) is 1.83. The number of piperazine rings is 1. The van der Waals surface area contributed by atoms with Crippen molar-refractivity contribution in [2.75, 3.05) is 26.7 Å². The van der Waals surface area contributed by atoms with E-state index in [0.717, 1.165) is 13.1 Å². The van der Waals surface area contributed by atoms with E-state index in [1.54, 1.807) is 4.90 Å². The second-order valence-electron chi connectivity index (χ2n) is 4.18. The van der Waals surface area contributed by atoms with Gasteiger partial charge in [0.2, 0.25) is 5.91 Å². The highest BCUT2D eigenvalue weighted by Crippen LogP contribution is 2.21. The minimum Gasteiger partial charge on any atom is -0.343 e. The molecule has 1 heterocycles. The third-order valence-electron chi connectivity index (χ3n) is 2.86. The standard InChI is InChI=1S/C10H17N3O/c1-10(2)9(14)12(3)7-8-13(10)6-4-5-11/h4,6-8H2,1-3H3. The van der Waals surface area contributed by atoms with Gasteiger partial charge >= 0.3 is 0 Å². The molecule has 0 aliphatic carbocycles. The van der Waals surface area contributed by atoms with Crippen molar-refractivity contribution in [3.05, 3.63) is 0 Å². The van der Waals surface area contributed by atoms with Gasteiger partial charge in [-0.25, -0.2) is 0 Å². The average Bonchev–Trinajstić information content (AvgIpc) is 2.14. The van der Waals surface area contributed by atoms with Crippen LogP contribution < -0.4 is 0 Å². The fraction of sp³-hybridized carbons (Fsp3) is 0.800. The Kier molecular flexibility index (Phi) is 3.12. The van der Waals surface area contributed by atoms with Crippen LogP contribution in [0.2, 0.25) is 0 Å². The predicted octanol–water partition coefficient (Wildman–Crippen LogP) is 0.453. The quantitative estimate of drug-likeness (QED) is 0.643. The molecule has 1 aliphatic rings. The molecule has 0 unspecified atom stereocenters. The van der Waals surface area contributed by atoms with E-state index in [1.165, 1.54) is 0 Å². The fourth-order valence-electron chi connectivity index (χ4n) is 1.83. The summed E-state index contributed by atoms with van der Waals surface area (Å²) in [4.78, 5) is 15.7. The second kappa shape index (κ2) is 3.97. The lowest BCUT2D eigenvalue weighted by molar-refractivity contribution is -0.146. The third kappa shape index (κ3) is 1.88. The summed E-state index contributed by atoms with van der Waals surface area (Å²) in [6.45, 7) is 6.14. The number of amides is 1. The van der Waals surface area contributed by atoms with Crippen molar-refractivity contribution >= 4 is 5.91 Å². The first-order valence-electron chi connectivity index (χ1n) is 4.87. The first kappa shape index (κ1) is 11.0. The van der Waals surface area contributed by atoms with E-state index in [1.807, 2.05) is 20.9 Å². The van der Waals surface area contributed by atoms with Gasteiger partial charge in [-0.05, 0) is 13.8 Å². The maximum atomic E-state index is 11.8. The summed E-state index contributed by atoms with van der Waals surface area (Å²) >= 11 is 0. The van der Waals surface area contributed by atoms with Gasteiger partial charge in [0.15, 0.2) is 0 Å². The Morgan fingerprint density at radius 2 is 2.14 bits per heavy atom. The molecule has 1 saturated heterocycles. The molecule has 4 nitrogen and oxygen atoms in total. The van der Waals surface area contributed by atoms with Gasteiger partial charge in [0.05, 0.1) is 11.6 Å². The number of carbonyl (C=O) groups is 1. The number of nitrogens with zero attached hydrogens (tertiary/aromatic N) is 3. The summed E-state index contributed by atoms with van der Waals surface area (Å²) in [6, 6.07) is 2.11. The summed E-state index contributed by atoms with van der Waals surface area (Å²) in [5, 5.41) is 8.51. The van der Waals surface area contributed by atoms with E-state index in [9.17, 15) is 4.79 Å². The van der Waals surface area contributed by atoms with Gasteiger partial charge in [0, 0.05) is 33.1 Å². The fourth-order valence-corrected chi connectivity index (χ4v) is 1.83. The molecule has 14 heavy (non-hydrogen) atoms. The molecule has 0 aromatic rings. The van der Waals surface area contributed by atoms with Crippen LogP contribution in [-0.2, 0) is 4.79 Å². The summed E-state index contributed by atoms with van der Waals surface area (Å²) in [5.41, 5.74) is -0.455. The number of likely N-dealkylation sites (N-methyl/N-ethyl adjacent to an activating group) is 1. The Labute approximate surface area is 85.1 Å². The molecule has 78 valence electrons. The lowest BCUT2D eigenvalue weighted by Crippen LogP contribution is -2.62. The molecule has 1 amide bonds. The van der Waals surface area contributed by atoms with E-state index in [2.05, 4.69) is 11.0 Å². The lowest BCUT2D eigenvalue weighted by Gasteiger charge is -2.44. The molecular weight excluding hydrogens is 178 g/mol. The van der Waals surface area contributed by atoms with Crippen molar-refractivity contribution in [3.8, 4) is 6.07 Å². The van der Waals surface area contributed by atoms with Crippen LogP contribution in [0.15, 0.2) is 0 Å². The van der Waals surface area contributed by atoms with Gasteiger partial charge in [0.25, 0.3) is 0 Å². The molecule has 0 bridgehead atoms. The monoisotopic (exact) mass is 195 g/mol. The van der Waals surface area contributed by atoms with Gasteiger partial charge < -0.3 is 4.90 Å². The molecule has 0 atom stereocenters. The normalized spacial score (nSPS) is 22.1. The predicted molar refractivity (Wildman–Crippen MR) is 53.5 cm³/mol. The van der Waals surface area contributed by atoms with E-state index in [4.69, 9.17) is 5.26 Å². The number of carbonyl (C=O) groups excluding carboxylic acids is 1. The number of rotatable bonds is 2. The zero-order valence-corrected chi connectivity index (χ0v) is 9.08. The molecule has 1 aliphatic heterocycles. The van der Waals surface area contributed by atoms with Crippen LogP contribution in [0.25, 0.3) is 0 Å². The molecule has 0 N–H and O–H groups in total. The maximum Gasteiger partial charge on any atom is 0.242 e. The van der Waals surface area contributed by atoms with E-state index in [-0.39, 0.29) is 5.91 Å². The Hall–Kier alpha value is -1.08. The summed E-state index contributed by atoms with van der Waals surface area (Å²) in [6.07, 6.45) is 0.487. The Morgan fingerprint density at radius 3 is 2.71 bits per heavy atom. The van der Waals surface area contributed by atoms with Crippen LogP contribution in [0.1, 0.15) is 20.3 Å². The van der Waals surface area contributed by atoms with Crippen LogP contribution in [0.4, 0.5) is 0 Å². The maximum absolute atomic E-state index is 11.8. The van der Waals surface area contributed by atoms with Gasteiger partial charge in [-0.2, -0.15) is 5.26 Å². The summed E-state index contributed by atoms with van der Waals surface area (Å²) in [5.74, 6) is 0.140. The average molecular weight is 195 g/mol. The van der Waals surface area contributed by atoms with Crippen LogP contribution in [-0.4, -0.2) is 47.9 Å². The van der Waals surface area contributed by atoms with Crippen molar-refractivity contribution in [1.29, 1.82) is 5.26 Å². The van der Waals surface area contributed by atoms with Gasteiger partial charge in [-0.1, -0.05) is 0 Å². The molecule has 1 fully saturated rings. The highest BCUT2D eigenvalue weighted by molar-refractivity contribution is 5.86. The molecule has 0 radical (unpaired) electrons. The van der Waals surface area contributed by atoms with Crippen molar-refractivity contribution < 1.29 is 4.79 Å². The van der Waals surface area contributed by atoms with Crippen molar-refractivity contribution in [2.45, 2.75) is 25.8 Å². The Morgan fingerprint density at radius 1 is 1.50 bits per heavy atom. The third-order valence-corrected chi connectivity index (χ3v) is 2.86. The molecule has 1 rings (SSSR count). The first-order chi connectivity index (χ1) is 6.50. The Balaban J connectivity index is 2.70. The molecule has 0 saturated carbocycles. The minimum atomic E-state index is -0.455. The van der Waals surface area contributed by atoms with Crippen LogP contribution in [0, 0.1) is 11.3 Å². The molecule has 4 heteroatoms. The van der Waals surface area contributed by atoms with Crippen molar-refractivity contribution in [3.63, 3.8) is 0 Å². The van der Waals surface area contributed by atoms with E-state index >= 15 is 0 Å². The summed E-state index contributed by atoms with van der Waals surface area (Å²) < 4.78 is 0. The van der Waals surface area contributed by atoms with E-state index in [0.29, 0.717) is 13.0 Å². The number of hydrogen-bond acceptors (Lipinski definition) is 3. The largest absolute Gasteiger partial charge is 0.343 e. The zero-order valence-electron chi connectivity index (χ0n) is 9.08. The molecule has 0 spiro atoms. The second-order valence-corrected chi connectivity index (χ2v) is 4.18. The van der Waals surface area contributed by atoms with Crippen LogP contribution in [0.5, 0.6) is 0 Å². The van der Waals surface area contributed by atoms with Gasteiger partial charge in [-0.15, -0.1) is 0 Å². The molecular formula is C10H17N3O. The Bertz CT molecular complexity index is 267. The van der Waals surface area contributed by atoms with Gasteiger partial charge in [0.1, 0.15) is 0 Å². The highest BCUT2D eigenvalue weighted by Gasteiger charge is 2.39. The zero-order chi connectivity index (χ0) is 10.8. The molecule has 0 aromatic carbocycles. The van der Waals surface area contributed by atoms with Crippen LogP contribution in [0.3, 0.4) is 0 Å². The van der Waals surface area contributed by atoms with Crippen molar-refractivity contribution in [1.82, 2.24) is 9.80 Å². The smallest absolute Gasteiger partial charge is 0.242 e.